The summed E-state index contributed by atoms with van der Waals surface area (Å²) < 4.78 is 0. The van der Waals surface area contributed by atoms with Gasteiger partial charge in [-0.1, -0.05) is 53.7 Å². The van der Waals surface area contributed by atoms with Crippen LogP contribution in [0.25, 0.3) is 0 Å². The Kier molecular flexibility index (Phi) is 4.88. The van der Waals surface area contributed by atoms with Gasteiger partial charge in [-0.05, 0) is 36.2 Å². The largest absolute Gasteiger partial charge is 0.378 e. The zero-order valence-corrected chi connectivity index (χ0v) is 12.2. The van der Waals surface area contributed by atoms with Gasteiger partial charge in [0, 0.05) is 10.8 Å². The summed E-state index contributed by atoms with van der Waals surface area (Å²) in [6.07, 6.45) is 0. The molecule has 0 saturated carbocycles. The molecule has 0 aliphatic carbocycles. The van der Waals surface area contributed by atoms with Crippen LogP contribution in [0.4, 0.5) is 5.69 Å². The highest BCUT2D eigenvalue weighted by Crippen LogP contribution is 2.22. The fourth-order valence-electron chi connectivity index (χ4n) is 1.62. The van der Waals surface area contributed by atoms with Crippen molar-refractivity contribution in [1.29, 1.82) is 0 Å². The molecule has 98 valence electrons. The third-order valence-corrected chi connectivity index (χ3v) is 3.79. The monoisotopic (exact) mass is 290 g/mol. The Morgan fingerprint density at radius 2 is 2.00 bits per heavy atom. The number of benzene rings is 2. The Morgan fingerprint density at radius 1 is 1.21 bits per heavy atom. The molecule has 0 aliphatic rings. The van der Waals surface area contributed by atoms with E-state index in [1.807, 2.05) is 55.5 Å². The predicted octanol–water partition coefficient (Wildman–Crippen LogP) is 4.53. The maximum absolute atomic E-state index is 6.09. The molecule has 2 aromatic rings. The molecule has 2 nitrogen and oxygen atoms in total. The second-order valence-corrected chi connectivity index (χ2v) is 5.57. The van der Waals surface area contributed by atoms with Crippen molar-refractivity contribution >= 4 is 34.2 Å². The highest BCUT2D eigenvalue weighted by atomic mass is 35.5. The van der Waals surface area contributed by atoms with Crippen LogP contribution < -0.4 is 5.73 Å². The van der Waals surface area contributed by atoms with Crippen molar-refractivity contribution in [2.75, 3.05) is 0 Å². The van der Waals surface area contributed by atoms with Crippen molar-refractivity contribution < 1.29 is 0 Å². The molecule has 0 spiro atoms. The molecule has 0 unspecified atom stereocenters. The van der Waals surface area contributed by atoms with E-state index in [1.165, 1.54) is 17.3 Å². The quantitative estimate of drug-likeness (QED) is 0.666. The highest BCUT2D eigenvalue weighted by molar-refractivity contribution is 8.13. The average Bonchev–Trinajstić information content (AvgIpc) is 2.38. The van der Waals surface area contributed by atoms with E-state index in [9.17, 15) is 0 Å². The van der Waals surface area contributed by atoms with Gasteiger partial charge in [0.25, 0.3) is 0 Å². The zero-order chi connectivity index (χ0) is 13.7. The molecular weight excluding hydrogens is 276 g/mol. The molecule has 2 rings (SSSR count). The maximum atomic E-state index is 6.09. The van der Waals surface area contributed by atoms with Gasteiger partial charge in [-0.3, -0.25) is 0 Å². The molecule has 2 N–H and O–H groups in total. The molecule has 0 radical (unpaired) electrons. The first-order valence-corrected chi connectivity index (χ1v) is 7.28. The molecule has 0 aromatic heterocycles. The van der Waals surface area contributed by atoms with Gasteiger partial charge in [0.1, 0.15) is 0 Å². The number of thioether (sulfide) groups is 1. The summed E-state index contributed by atoms with van der Waals surface area (Å²) in [5.41, 5.74) is 9.04. The standard InChI is InChI=1S/C15H15ClN2S/c1-11-5-4-7-13(9-11)18-15(17)19-10-12-6-2-3-8-14(12)16/h2-9H,10H2,1H3,(H2,17,18). The van der Waals surface area contributed by atoms with Crippen LogP contribution in [0.15, 0.2) is 53.5 Å². The summed E-state index contributed by atoms with van der Waals surface area (Å²) >= 11 is 7.58. The van der Waals surface area contributed by atoms with E-state index in [-0.39, 0.29) is 0 Å². The van der Waals surface area contributed by atoms with Crippen LogP contribution in [0.2, 0.25) is 5.02 Å². The van der Waals surface area contributed by atoms with Gasteiger partial charge >= 0.3 is 0 Å². The first-order valence-electron chi connectivity index (χ1n) is 5.92. The summed E-state index contributed by atoms with van der Waals surface area (Å²) in [5, 5.41) is 1.31. The SMILES string of the molecule is Cc1cccc(N=C(N)SCc2ccccc2Cl)c1. The van der Waals surface area contributed by atoms with E-state index in [0.717, 1.165) is 22.0 Å². The molecule has 19 heavy (non-hydrogen) atoms. The van der Waals surface area contributed by atoms with Crippen molar-refractivity contribution in [1.82, 2.24) is 0 Å². The van der Waals surface area contributed by atoms with Gasteiger partial charge in [0.2, 0.25) is 0 Å². The van der Waals surface area contributed by atoms with Crippen LogP contribution >= 0.6 is 23.4 Å². The lowest BCUT2D eigenvalue weighted by atomic mass is 10.2. The highest BCUT2D eigenvalue weighted by Gasteiger charge is 2.01. The van der Waals surface area contributed by atoms with Gasteiger partial charge in [0.05, 0.1) is 5.69 Å². The van der Waals surface area contributed by atoms with E-state index in [1.54, 1.807) is 0 Å². The summed E-state index contributed by atoms with van der Waals surface area (Å²) in [7, 11) is 0. The van der Waals surface area contributed by atoms with Gasteiger partial charge in [0.15, 0.2) is 5.17 Å². The Balaban J connectivity index is 2.02. The Bertz CT molecular complexity index is 596. The molecule has 0 amide bonds. The van der Waals surface area contributed by atoms with Crippen molar-refractivity contribution in [3.63, 3.8) is 0 Å². The van der Waals surface area contributed by atoms with E-state index in [0.29, 0.717) is 5.17 Å². The number of nitrogens with two attached hydrogens (primary N) is 1. The zero-order valence-electron chi connectivity index (χ0n) is 10.6. The Labute approximate surface area is 122 Å². The number of aliphatic imine (C=N–C) groups is 1. The van der Waals surface area contributed by atoms with E-state index in [4.69, 9.17) is 17.3 Å². The molecule has 0 heterocycles. The first kappa shape index (κ1) is 14.0. The van der Waals surface area contributed by atoms with Gasteiger partial charge < -0.3 is 5.73 Å². The van der Waals surface area contributed by atoms with Crippen LogP contribution in [0.3, 0.4) is 0 Å². The number of amidine groups is 1. The topological polar surface area (TPSA) is 38.4 Å². The number of hydrogen-bond acceptors (Lipinski definition) is 2. The van der Waals surface area contributed by atoms with Gasteiger partial charge in [-0.2, -0.15) is 0 Å². The minimum Gasteiger partial charge on any atom is -0.378 e. The predicted molar refractivity (Wildman–Crippen MR) is 85.2 cm³/mol. The third-order valence-electron chi connectivity index (χ3n) is 2.57. The Morgan fingerprint density at radius 3 is 2.74 bits per heavy atom. The van der Waals surface area contributed by atoms with Crippen molar-refractivity contribution in [3.8, 4) is 0 Å². The molecule has 2 aromatic carbocycles. The summed E-state index contributed by atoms with van der Waals surface area (Å²) in [5.74, 6) is 0.723. The smallest absolute Gasteiger partial charge is 0.159 e. The van der Waals surface area contributed by atoms with E-state index >= 15 is 0 Å². The molecular formula is C15H15ClN2S. The van der Waals surface area contributed by atoms with Gasteiger partial charge in [-0.15, -0.1) is 0 Å². The first-order chi connectivity index (χ1) is 9.15. The molecule has 0 fully saturated rings. The number of rotatable bonds is 3. The lowest BCUT2D eigenvalue weighted by Gasteiger charge is -2.04. The van der Waals surface area contributed by atoms with Gasteiger partial charge in [-0.25, -0.2) is 4.99 Å². The molecule has 0 bridgehead atoms. The third kappa shape index (κ3) is 4.30. The number of aryl methyl sites for hydroxylation is 1. The lowest BCUT2D eigenvalue weighted by Crippen LogP contribution is -2.06. The Hall–Kier alpha value is -1.45. The lowest BCUT2D eigenvalue weighted by molar-refractivity contribution is 1.41. The van der Waals surface area contributed by atoms with Crippen LogP contribution in [0.5, 0.6) is 0 Å². The molecule has 0 saturated heterocycles. The van der Waals surface area contributed by atoms with E-state index in [2.05, 4.69) is 4.99 Å². The normalized spacial score (nSPS) is 11.6. The number of halogens is 1. The number of hydrogen-bond donors (Lipinski definition) is 1. The average molecular weight is 291 g/mol. The van der Waals surface area contributed by atoms with Crippen molar-refractivity contribution in [2.45, 2.75) is 12.7 Å². The summed E-state index contributed by atoms with van der Waals surface area (Å²) in [6, 6.07) is 15.7. The fraction of sp³-hybridized carbons (Fsp3) is 0.133. The minimum atomic E-state index is 0.547. The molecule has 4 heteroatoms. The van der Waals surface area contributed by atoms with Crippen LogP contribution in [0.1, 0.15) is 11.1 Å². The van der Waals surface area contributed by atoms with Crippen LogP contribution in [-0.4, -0.2) is 5.17 Å². The minimum absolute atomic E-state index is 0.547. The van der Waals surface area contributed by atoms with Crippen LogP contribution in [-0.2, 0) is 5.75 Å². The second-order valence-electron chi connectivity index (χ2n) is 4.17. The van der Waals surface area contributed by atoms with Crippen LogP contribution in [0, 0.1) is 6.92 Å². The molecule has 0 aliphatic heterocycles. The summed E-state index contributed by atoms with van der Waals surface area (Å²) in [6.45, 7) is 2.03. The van der Waals surface area contributed by atoms with Crippen molar-refractivity contribution in [3.05, 3.63) is 64.7 Å². The second kappa shape index (κ2) is 6.64. The maximum Gasteiger partial charge on any atom is 0.159 e. The summed E-state index contributed by atoms with van der Waals surface area (Å²) in [4.78, 5) is 4.38. The fourth-order valence-corrected chi connectivity index (χ4v) is 2.63. The van der Waals surface area contributed by atoms with Crippen molar-refractivity contribution in [2.24, 2.45) is 10.7 Å². The molecule has 0 atom stereocenters. The van der Waals surface area contributed by atoms with E-state index < -0.39 is 0 Å². The number of nitrogens with zero attached hydrogens (tertiary/aromatic N) is 1.